The predicted molar refractivity (Wildman–Crippen MR) is 132 cm³/mol. The first-order valence-corrected chi connectivity index (χ1v) is 11.1. The van der Waals surface area contributed by atoms with Gasteiger partial charge in [-0.25, -0.2) is 4.79 Å². The summed E-state index contributed by atoms with van der Waals surface area (Å²) in [4.78, 5) is 25.3. The first-order valence-electron chi connectivity index (χ1n) is 11.1. The molecule has 0 fully saturated rings. The summed E-state index contributed by atoms with van der Waals surface area (Å²) in [6.45, 7) is 3.10. The number of ether oxygens (including phenoxy) is 2. The van der Waals surface area contributed by atoms with Gasteiger partial charge in [-0.15, -0.1) is 0 Å². The molecule has 3 rings (SSSR count). The maximum atomic E-state index is 11.9. The minimum Gasteiger partial charge on any atom is -0.496 e. The van der Waals surface area contributed by atoms with Crippen LogP contribution in [-0.4, -0.2) is 49.7 Å². The molecule has 0 aliphatic carbocycles. The molecule has 0 aliphatic rings. The van der Waals surface area contributed by atoms with Crippen LogP contribution in [0.2, 0.25) is 0 Å². The third kappa shape index (κ3) is 5.64. The maximum absolute atomic E-state index is 11.9. The Balaban J connectivity index is 1.97. The highest BCUT2D eigenvalue weighted by atomic mass is 16.5. The summed E-state index contributed by atoms with van der Waals surface area (Å²) in [5.41, 5.74) is 4.88. The molecule has 0 unspecified atom stereocenters. The second kappa shape index (κ2) is 10.9. The van der Waals surface area contributed by atoms with Crippen molar-refractivity contribution in [1.82, 2.24) is 9.47 Å². The van der Waals surface area contributed by atoms with Crippen molar-refractivity contribution in [2.75, 3.05) is 28.3 Å². The molecule has 174 valence electrons. The molecule has 0 atom stereocenters. The molecule has 33 heavy (non-hydrogen) atoms. The molecule has 2 aromatic carbocycles. The molecule has 3 aromatic rings. The van der Waals surface area contributed by atoms with Crippen LogP contribution < -0.4 is 4.74 Å². The Bertz CT molecular complexity index is 1170. The first-order chi connectivity index (χ1) is 15.9. The zero-order valence-corrected chi connectivity index (χ0v) is 20.1. The highest BCUT2D eigenvalue weighted by molar-refractivity contribution is 5.90. The molecule has 0 bridgehead atoms. The van der Waals surface area contributed by atoms with E-state index in [9.17, 15) is 9.59 Å². The number of benzene rings is 2. The Morgan fingerprint density at radius 1 is 1.06 bits per heavy atom. The highest BCUT2D eigenvalue weighted by Gasteiger charge is 2.14. The van der Waals surface area contributed by atoms with Gasteiger partial charge in [0.05, 0.1) is 19.8 Å². The number of amides is 1. The summed E-state index contributed by atoms with van der Waals surface area (Å²) in [5, 5.41) is 1.17. The van der Waals surface area contributed by atoms with Gasteiger partial charge in [0.25, 0.3) is 0 Å². The van der Waals surface area contributed by atoms with Crippen LogP contribution in [-0.2, 0) is 22.5 Å². The van der Waals surface area contributed by atoms with Gasteiger partial charge in [-0.3, -0.25) is 4.79 Å². The predicted octanol–water partition coefficient (Wildman–Crippen LogP) is 4.93. The summed E-state index contributed by atoms with van der Waals surface area (Å²) in [6.07, 6.45) is 8.18. The number of fused-ring (bicyclic) bond motifs is 1. The molecule has 0 aliphatic heterocycles. The Labute approximate surface area is 195 Å². The third-order valence-electron chi connectivity index (χ3n) is 5.64. The lowest BCUT2D eigenvalue weighted by Gasteiger charge is -2.10. The van der Waals surface area contributed by atoms with Gasteiger partial charge < -0.3 is 18.9 Å². The summed E-state index contributed by atoms with van der Waals surface area (Å²) >= 11 is 0. The van der Waals surface area contributed by atoms with Crippen molar-refractivity contribution in [3.63, 3.8) is 0 Å². The molecule has 0 saturated carbocycles. The molecular formula is C27H32N2O4. The molecule has 0 radical (unpaired) electrons. The summed E-state index contributed by atoms with van der Waals surface area (Å²) in [7, 11) is 6.50. The van der Waals surface area contributed by atoms with Gasteiger partial charge in [0.2, 0.25) is 5.91 Å². The molecule has 1 heterocycles. The van der Waals surface area contributed by atoms with Crippen LogP contribution in [0.4, 0.5) is 0 Å². The third-order valence-corrected chi connectivity index (χ3v) is 5.64. The number of hydrogen-bond acceptors (Lipinski definition) is 4. The second-order valence-electron chi connectivity index (χ2n) is 8.21. The van der Waals surface area contributed by atoms with Crippen molar-refractivity contribution < 1.29 is 19.1 Å². The largest absolute Gasteiger partial charge is 0.496 e. The number of carbonyl (C=O) groups is 2. The number of esters is 1. The molecule has 6 heteroatoms. The second-order valence-corrected chi connectivity index (χ2v) is 8.21. The van der Waals surface area contributed by atoms with E-state index < -0.39 is 0 Å². The van der Waals surface area contributed by atoms with Crippen molar-refractivity contribution in [3.8, 4) is 5.75 Å². The molecule has 0 N–H and O–H groups in total. The van der Waals surface area contributed by atoms with Crippen LogP contribution >= 0.6 is 0 Å². The van der Waals surface area contributed by atoms with E-state index in [1.54, 1.807) is 38.2 Å². The van der Waals surface area contributed by atoms with Crippen LogP contribution in [0.5, 0.6) is 5.75 Å². The van der Waals surface area contributed by atoms with Gasteiger partial charge in [-0.05, 0) is 47.4 Å². The lowest BCUT2D eigenvalue weighted by Crippen LogP contribution is -2.20. The van der Waals surface area contributed by atoms with Gasteiger partial charge >= 0.3 is 5.97 Å². The summed E-state index contributed by atoms with van der Waals surface area (Å²) in [6, 6.07) is 11.8. The van der Waals surface area contributed by atoms with Crippen LogP contribution in [0.1, 0.15) is 46.8 Å². The molecule has 0 spiro atoms. The fraction of sp³-hybridized carbons (Fsp3) is 0.333. The Morgan fingerprint density at radius 2 is 1.85 bits per heavy atom. The molecule has 0 saturated heterocycles. The number of hydrogen-bond donors (Lipinski definition) is 0. The zero-order valence-electron chi connectivity index (χ0n) is 20.1. The van der Waals surface area contributed by atoms with Crippen molar-refractivity contribution >= 4 is 28.9 Å². The van der Waals surface area contributed by atoms with Crippen molar-refractivity contribution in [3.05, 3.63) is 70.9 Å². The molecule has 1 amide bonds. The number of nitrogens with zero attached hydrogens (tertiary/aromatic N) is 2. The van der Waals surface area contributed by atoms with Crippen molar-refractivity contribution in [2.45, 2.75) is 32.7 Å². The van der Waals surface area contributed by atoms with E-state index in [0.717, 1.165) is 24.1 Å². The van der Waals surface area contributed by atoms with E-state index in [2.05, 4.69) is 35.9 Å². The first kappa shape index (κ1) is 24.1. The van der Waals surface area contributed by atoms with E-state index in [4.69, 9.17) is 9.47 Å². The van der Waals surface area contributed by atoms with Gasteiger partial charge in [0.15, 0.2) is 0 Å². The number of rotatable bonds is 9. The summed E-state index contributed by atoms with van der Waals surface area (Å²) < 4.78 is 12.7. The monoisotopic (exact) mass is 448 g/mol. The van der Waals surface area contributed by atoms with Crippen LogP contribution in [0, 0.1) is 0 Å². The van der Waals surface area contributed by atoms with Crippen molar-refractivity contribution in [1.29, 1.82) is 0 Å². The minimum absolute atomic E-state index is 0.0737. The fourth-order valence-corrected chi connectivity index (χ4v) is 3.88. The van der Waals surface area contributed by atoms with E-state index in [1.165, 1.54) is 23.6 Å². The van der Waals surface area contributed by atoms with Gasteiger partial charge in [-0.1, -0.05) is 31.2 Å². The average molecular weight is 449 g/mol. The highest BCUT2D eigenvalue weighted by Crippen LogP contribution is 2.30. The quantitative estimate of drug-likeness (QED) is 0.436. The SMILES string of the molecule is CCCn1cc(Cc2ccc(C(=O)OC)cc2OC)c2cc(C=CCC(=O)N(C)C)ccc21. The Morgan fingerprint density at radius 3 is 2.52 bits per heavy atom. The number of carbonyl (C=O) groups excluding carboxylic acids is 2. The normalized spacial score (nSPS) is 11.2. The minimum atomic E-state index is -0.386. The van der Waals surface area contributed by atoms with E-state index in [0.29, 0.717) is 24.2 Å². The van der Waals surface area contributed by atoms with Crippen LogP contribution in [0.3, 0.4) is 0 Å². The number of aromatic nitrogens is 1. The standard InChI is InChI=1S/C27H32N2O4/c1-6-14-29-18-22(16-20-11-12-21(27(31)33-5)17-25(20)32-4)23-15-19(10-13-24(23)29)8-7-9-26(30)28(2)3/h7-8,10-13,15,17-18H,6,9,14,16H2,1-5H3. The van der Waals surface area contributed by atoms with Crippen molar-refractivity contribution in [2.24, 2.45) is 0 Å². The average Bonchev–Trinajstić information content (AvgIpc) is 3.15. The van der Waals surface area contributed by atoms with E-state index >= 15 is 0 Å². The lowest BCUT2D eigenvalue weighted by molar-refractivity contribution is -0.127. The lowest BCUT2D eigenvalue weighted by atomic mass is 10.0. The van der Waals surface area contributed by atoms with Gasteiger partial charge in [-0.2, -0.15) is 0 Å². The van der Waals surface area contributed by atoms with Crippen LogP contribution in [0.15, 0.2) is 48.7 Å². The molecule has 6 nitrogen and oxygen atoms in total. The summed E-state index contributed by atoms with van der Waals surface area (Å²) in [5.74, 6) is 0.348. The Hall–Kier alpha value is -3.54. The smallest absolute Gasteiger partial charge is 0.337 e. The fourth-order valence-electron chi connectivity index (χ4n) is 3.88. The maximum Gasteiger partial charge on any atom is 0.337 e. The zero-order chi connectivity index (χ0) is 24.0. The number of aryl methyl sites for hydroxylation is 1. The Kier molecular flexibility index (Phi) is 7.93. The molecule has 1 aromatic heterocycles. The topological polar surface area (TPSA) is 60.8 Å². The van der Waals surface area contributed by atoms with E-state index in [-0.39, 0.29) is 11.9 Å². The molecular weight excluding hydrogens is 416 g/mol. The van der Waals surface area contributed by atoms with Gasteiger partial charge in [0, 0.05) is 50.6 Å². The van der Waals surface area contributed by atoms with Gasteiger partial charge in [0.1, 0.15) is 5.75 Å². The van der Waals surface area contributed by atoms with Crippen LogP contribution in [0.25, 0.3) is 17.0 Å². The van der Waals surface area contributed by atoms with E-state index in [1.807, 2.05) is 18.2 Å². The number of methoxy groups -OCH3 is 2.